The summed E-state index contributed by atoms with van der Waals surface area (Å²) in [5, 5.41) is 34.9. The van der Waals surface area contributed by atoms with Gasteiger partial charge in [-0.3, -0.25) is 4.55 Å². The number of aliphatic carboxylic acids is 1. The number of carbonyl (C=O) groups is 1. The van der Waals surface area contributed by atoms with E-state index in [1.807, 2.05) is 13.8 Å². The van der Waals surface area contributed by atoms with E-state index in [9.17, 15) is 22.9 Å². The molecule has 288 valence electrons. The molecule has 0 aromatic heterocycles. The summed E-state index contributed by atoms with van der Waals surface area (Å²) in [6.07, 6.45) is 12.5. The van der Waals surface area contributed by atoms with Crippen LogP contribution in [-0.4, -0.2) is 84.8 Å². The highest BCUT2D eigenvalue weighted by molar-refractivity contribution is 7.80. The molecule has 0 aliphatic heterocycles. The normalized spacial score (nSPS) is 36.1. The van der Waals surface area contributed by atoms with E-state index in [0.717, 1.165) is 58.3 Å². The SMILES string of the molecule is CC(C)[C@H](CC[C@@H](C)[C@H]1CC[C@H]2C3C(CC[C@]12C)[C@@]1(C)CC[C@H](NCCCNCCCCN)C[C@@H]1C[C@H]3O)OS(=O)(=O)O.CC(O)C(=O)O. The van der Waals surface area contributed by atoms with Crippen LogP contribution in [0.5, 0.6) is 0 Å². The zero-order chi connectivity index (χ0) is 36.6. The molecule has 0 spiro atoms. The van der Waals surface area contributed by atoms with Crippen LogP contribution in [0.2, 0.25) is 0 Å². The van der Waals surface area contributed by atoms with E-state index in [1.54, 1.807) is 0 Å². The predicted octanol–water partition coefficient (Wildman–Crippen LogP) is 5.01. The standard InChI is InChI=1S/C34H65N3O5S.C3H6O3/c1-23(2)31(42-43(39,40)41)12-9-24(3)27-10-11-28-32-29(14-16-34(27,28)5)33(4)15-13-26(21-25(33)22-30(32)38)37-20-8-19-36-18-7-6-17-35;1-2(4)3(5)6/h23-32,36-38H,6-22,35H2,1-5H3,(H,39,40,41);2,4H,1H3,(H,5,6)/t24-,25-,26+,27-,28+,29?,30-,31+,32?,33+,34-;/m1./s1. The number of fused-ring (bicyclic) bond motifs is 5. The molecular formula is C37H71N3O8S. The van der Waals surface area contributed by atoms with Crippen LogP contribution in [0.3, 0.4) is 0 Å². The number of nitrogens with two attached hydrogens (primary N) is 1. The number of hydrogen-bond donors (Lipinski definition) is 7. The van der Waals surface area contributed by atoms with Crippen LogP contribution in [0, 0.1) is 52.3 Å². The number of unbranched alkanes of at least 4 members (excludes halogenated alkanes) is 1. The highest BCUT2D eigenvalue weighted by atomic mass is 32.3. The van der Waals surface area contributed by atoms with Crippen molar-refractivity contribution >= 4 is 16.4 Å². The van der Waals surface area contributed by atoms with Crippen LogP contribution in [0.15, 0.2) is 0 Å². The number of hydrogen-bond acceptors (Lipinski definition) is 9. The molecule has 4 fully saturated rings. The molecule has 0 aromatic rings. The van der Waals surface area contributed by atoms with Crippen molar-refractivity contribution in [2.45, 2.75) is 149 Å². The summed E-state index contributed by atoms with van der Waals surface area (Å²) in [6.45, 7) is 16.5. The lowest BCUT2D eigenvalue weighted by molar-refractivity contribution is -0.167. The molecule has 4 rings (SSSR count). The van der Waals surface area contributed by atoms with Gasteiger partial charge in [0.1, 0.15) is 6.10 Å². The Balaban J connectivity index is 0.000000992. The van der Waals surface area contributed by atoms with Gasteiger partial charge in [-0.1, -0.05) is 34.6 Å². The van der Waals surface area contributed by atoms with Gasteiger partial charge in [0.15, 0.2) is 0 Å². The summed E-state index contributed by atoms with van der Waals surface area (Å²) >= 11 is 0. The first-order valence-electron chi connectivity index (χ1n) is 19.3. The molecule has 0 heterocycles. The van der Waals surface area contributed by atoms with Crippen molar-refractivity contribution in [3.8, 4) is 0 Å². The minimum Gasteiger partial charge on any atom is -0.479 e. The first-order valence-corrected chi connectivity index (χ1v) is 20.7. The fraction of sp³-hybridized carbons (Fsp3) is 0.973. The Bertz CT molecular complexity index is 1120. The number of nitrogens with one attached hydrogen (secondary N) is 2. The van der Waals surface area contributed by atoms with Crippen molar-refractivity contribution in [2.24, 2.45) is 58.0 Å². The monoisotopic (exact) mass is 717 g/mol. The van der Waals surface area contributed by atoms with Crippen molar-refractivity contribution in [3.05, 3.63) is 0 Å². The molecule has 12 heteroatoms. The first-order chi connectivity index (χ1) is 22.9. The molecule has 11 nitrogen and oxygen atoms in total. The number of carboxylic acid groups (broad SMARTS) is 1. The fourth-order valence-electron chi connectivity index (χ4n) is 10.7. The van der Waals surface area contributed by atoms with E-state index in [1.165, 1.54) is 51.9 Å². The van der Waals surface area contributed by atoms with Gasteiger partial charge in [0, 0.05) is 6.04 Å². The van der Waals surface area contributed by atoms with Crippen LogP contribution < -0.4 is 16.4 Å². The lowest BCUT2D eigenvalue weighted by Gasteiger charge is -2.62. The summed E-state index contributed by atoms with van der Waals surface area (Å²) < 4.78 is 37.1. The van der Waals surface area contributed by atoms with Crippen LogP contribution in [0.25, 0.3) is 0 Å². The third kappa shape index (κ3) is 11.3. The Morgan fingerprint density at radius 2 is 1.55 bits per heavy atom. The van der Waals surface area contributed by atoms with Gasteiger partial charge in [-0.15, -0.1) is 0 Å². The molecule has 4 saturated carbocycles. The summed E-state index contributed by atoms with van der Waals surface area (Å²) in [5.74, 6) is 2.03. The molecule has 8 N–H and O–H groups in total. The van der Waals surface area contributed by atoms with Gasteiger partial charge < -0.3 is 31.7 Å². The molecule has 0 amide bonds. The van der Waals surface area contributed by atoms with E-state index in [-0.39, 0.29) is 17.4 Å². The van der Waals surface area contributed by atoms with Crippen molar-refractivity contribution in [1.82, 2.24) is 10.6 Å². The van der Waals surface area contributed by atoms with Crippen molar-refractivity contribution in [1.29, 1.82) is 0 Å². The summed E-state index contributed by atoms with van der Waals surface area (Å²) in [4.78, 5) is 9.45. The molecule has 0 bridgehead atoms. The van der Waals surface area contributed by atoms with Gasteiger partial charge in [-0.2, -0.15) is 8.42 Å². The maximum absolute atomic E-state index is 11.8. The van der Waals surface area contributed by atoms with Crippen molar-refractivity contribution < 1.29 is 37.3 Å². The van der Waals surface area contributed by atoms with Gasteiger partial charge in [-0.25, -0.2) is 8.98 Å². The van der Waals surface area contributed by atoms with Crippen LogP contribution in [0.4, 0.5) is 0 Å². The molecule has 0 saturated heterocycles. The van der Waals surface area contributed by atoms with Gasteiger partial charge in [0.05, 0.1) is 12.2 Å². The van der Waals surface area contributed by atoms with Crippen molar-refractivity contribution in [3.63, 3.8) is 0 Å². The second kappa shape index (κ2) is 18.8. The minimum absolute atomic E-state index is 0.0152. The van der Waals surface area contributed by atoms with Crippen LogP contribution in [-0.2, 0) is 19.4 Å². The molecular weight excluding hydrogens is 646 g/mol. The smallest absolute Gasteiger partial charge is 0.397 e. The third-order valence-corrected chi connectivity index (χ3v) is 14.0. The van der Waals surface area contributed by atoms with Gasteiger partial charge in [0.25, 0.3) is 0 Å². The Hall–Kier alpha value is -0.860. The zero-order valence-corrected chi connectivity index (χ0v) is 32.1. The van der Waals surface area contributed by atoms with Crippen LogP contribution >= 0.6 is 0 Å². The second-order valence-electron chi connectivity index (χ2n) is 16.9. The van der Waals surface area contributed by atoms with E-state index in [0.29, 0.717) is 53.4 Å². The first kappa shape index (κ1) is 42.6. The van der Waals surface area contributed by atoms with E-state index in [4.69, 9.17) is 20.1 Å². The maximum atomic E-state index is 11.8. The van der Waals surface area contributed by atoms with Crippen molar-refractivity contribution in [2.75, 3.05) is 26.2 Å². The van der Waals surface area contributed by atoms with E-state index < -0.39 is 28.6 Å². The topological polar surface area (TPSA) is 191 Å². The van der Waals surface area contributed by atoms with Gasteiger partial charge in [0.2, 0.25) is 0 Å². The molecule has 49 heavy (non-hydrogen) atoms. The molecule has 4 aliphatic rings. The molecule has 4 aliphatic carbocycles. The summed E-state index contributed by atoms with van der Waals surface area (Å²) in [7, 11) is -4.45. The van der Waals surface area contributed by atoms with Gasteiger partial charge in [-0.05, 0) is 169 Å². The fourth-order valence-corrected chi connectivity index (χ4v) is 11.3. The number of carboxylic acids is 1. The summed E-state index contributed by atoms with van der Waals surface area (Å²) in [5.41, 5.74) is 6.13. The Morgan fingerprint density at radius 1 is 0.918 bits per heavy atom. The average Bonchev–Trinajstić information content (AvgIpc) is 3.37. The lowest BCUT2D eigenvalue weighted by Crippen LogP contribution is -2.59. The molecule has 12 atom stereocenters. The van der Waals surface area contributed by atoms with Gasteiger partial charge >= 0.3 is 16.4 Å². The minimum atomic E-state index is -4.45. The quantitative estimate of drug-likeness (QED) is 0.0791. The molecule has 3 unspecified atom stereocenters. The van der Waals surface area contributed by atoms with E-state index in [2.05, 4.69) is 31.4 Å². The highest BCUT2D eigenvalue weighted by Gasteiger charge is 2.62. The van der Waals surface area contributed by atoms with E-state index >= 15 is 0 Å². The zero-order valence-electron chi connectivity index (χ0n) is 31.3. The average molecular weight is 718 g/mol. The number of rotatable bonds is 17. The lowest BCUT2D eigenvalue weighted by atomic mass is 9.43. The number of aliphatic hydroxyl groups is 2. The third-order valence-electron chi connectivity index (χ3n) is 13.5. The highest BCUT2D eigenvalue weighted by Crippen LogP contribution is 2.68. The van der Waals surface area contributed by atoms with Crippen LogP contribution in [0.1, 0.15) is 125 Å². The number of aliphatic hydroxyl groups excluding tert-OH is 2. The Morgan fingerprint density at radius 3 is 2.16 bits per heavy atom. The predicted molar refractivity (Wildman–Crippen MR) is 193 cm³/mol. The summed E-state index contributed by atoms with van der Waals surface area (Å²) in [6, 6.07) is 0.573. The largest absolute Gasteiger partial charge is 0.479 e. The Labute approximate surface area is 297 Å². The maximum Gasteiger partial charge on any atom is 0.397 e. The molecule has 0 aromatic carbocycles. The second-order valence-corrected chi connectivity index (χ2v) is 18.0. The Kier molecular flexibility index (Phi) is 16.3. The molecule has 0 radical (unpaired) electrons.